The Labute approximate surface area is 118 Å². The molecule has 0 amide bonds. The highest BCUT2D eigenvalue weighted by molar-refractivity contribution is 5.86. The summed E-state index contributed by atoms with van der Waals surface area (Å²) < 4.78 is 42.0. The van der Waals surface area contributed by atoms with Crippen molar-refractivity contribution < 1.29 is 27.5 Å². The van der Waals surface area contributed by atoms with Gasteiger partial charge in [-0.25, -0.2) is 4.79 Å². The molecule has 112 valence electrons. The third-order valence-electron chi connectivity index (χ3n) is 2.87. The number of aromatic carboxylic acids is 1. The molecule has 2 rings (SSSR count). The highest BCUT2D eigenvalue weighted by Gasteiger charge is 2.29. The zero-order valence-corrected chi connectivity index (χ0v) is 10.8. The lowest BCUT2D eigenvalue weighted by Gasteiger charge is -2.08. The molecule has 0 aliphatic heterocycles. The molecule has 2 aromatic rings. The highest BCUT2D eigenvalue weighted by Crippen LogP contribution is 2.29. The van der Waals surface area contributed by atoms with Crippen LogP contribution < -0.4 is 5.32 Å². The van der Waals surface area contributed by atoms with E-state index >= 15 is 0 Å². The van der Waals surface area contributed by atoms with Crippen LogP contribution in [0, 0.1) is 0 Å². The summed E-state index contributed by atoms with van der Waals surface area (Å²) >= 11 is 0. The summed E-state index contributed by atoms with van der Waals surface area (Å²) in [6.45, 7) is 0.571. The summed E-state index contributed by atoms with van der Waals surface area (Å²) in [6.07, 6.45) is -3.07. The fourth-order valence-corrected chi connectivity index (χ4v) is 1.82. The van der Waals surface area contributed by atoms with Crippen molar-refractivity contribution in [3.8, 4) is 0 Å². The number of halogens is 3. The van der Waals surface area contributed by atoms with Gasteiger partial charge >= 0.3 is 12.1 Å². The van der Waals surface area contributed by atoms with Crippen molar-refractivity contribution in [2.75, 3.05) is 0 Å². The van der Waals surface area contributed by atoms with Crippen molar-refractivity contribution >= 4 is 5.97 Å². The van der Waals surface area contributed by atoms with Crippen LogP contribution in [0.15, 0.2) is 41.0 Å². The molecule has 0 atom stereocenters. The van der Waals surface area contributed by atoms with Crippen molar-refractivity contribution in [3.05, 3.63) is 59.0 Å². The van der Waals surface area contributed by atoms with Crippen LogP contribution >= 0.6 is 0 Å². The van der Waals surface area contributed by atoms with E-state index in [2.05, 4.69) is 5.32 Å². The number of carboxylic acid groups (broad SMARTS) is 1. The molecule has 4 nitrogen and oxygen atoms in total. The molecule has 0 aliphatic rings. The highest BCUT2D eigenvalue weighted by atomic mass is 19.4. The van der Waals surface area contributed by atoms with Gasteiger partial charge in [-0.15, -0.1) is 0 Å². The largest absolute Gasteiger partial charge is 0.475 e. The van der Waals surface area contributed by atoms with Gasteiger partial charge in [-0.3, -0.25) is 0 Å². The van der Waals surface area contributed by atoms with Gasteiger partial charge in [0.15, 0.2) is 0 Å². The van der Waals surface area contributed by atoms with E-state index in [0.717, 1.165) is 12.1 Å². The van der Waals surface area contributed by atoms with Gasteiger partial charge in [0.25, 0.3) is 0 Å². The van der Waals surface area contributed by atoms with Gasteiger partial charge in [-0.1, -0.05) is 12.1 Å². The Morgan fingerprint density at radius 1 is 1.14 bits per heavy atom. The van der Waals surface area contributed by atoms with Gasteiger partial charge < -0.3 is 14.8 Å². The minimum Gasteiger partial charge on any atom is -0.475 e. The Balaban J connectivity index is 1.92. The predicted molar refractivity (Wildman–Crippen MR) is 67.7 cm³/mol. The van der Waals surface area contributed by atoms with Crippen LogP contribution in [0.4, 0.5) is 13.2 Å². The van der Waals surface area contributed by atoms with Gasteiger partial charge in [0.05, 0.1) is 11.8 Å². The normalized spacial score (nSPS) is 11.6. The molecule has 0 saturated carbocycles. The molecule has 0 aliphatic carbocycles. The maximum absolute atomic E-state index is 12.4. The van der Waals surface area contributed by atoms with Crippen molar-refractivity contribution in [3.63, 3.8) is 0 Å². The van der Waals surface area contributed by atoms with E-state index in [0.29, 0.717) is 17.7 Å². The molecule has 2 N–H and O–H groups in total. The zero-order valence-electron chi connectivity index (χ0n) is 10.8. The maximum atomic E-state index is 12.4. The lowest BCUT2D eigenvalue weighted by Crippen LogP contribution is -2.14. The lowest BCUT2D eigenvalue weighted by atomic mass is 10.1. The first kappa shape index (κ1) is 15.1. The fourth-order valence-electron chi connectivity index (χ4n) is 1.82. The van der Waals surface area contributed by atoms with Crippen molar-refractivity contribution in [1.29, 1.82) is 0 Å². The molecule has 21 heavy (non-hydrogen) atoms. The predicted octanol–water partition coefficient (Wildman–Crippen LogP) is 3.29. The van der Waals surface area contributed by atoms with Crippen molar-refractivity contribution in [1.82, 2.24) is 5.32 Å². The van der Waals surface area contributed by atoms with Gasteiger partial charge in [0.2, 0.25) is 5.76 Å². The van der Waals surface area contributed by atoms with E-state index in [1.807, 2.05) is 0 Å². The molecule has 0 bridgehead atoms. The van der Waals surface area contributed by atoms with E-state index in [1.165, 1.54) is 24.5 Å². The quantitative estimate of drug-likeness (QED) is 0.889. The molecular weight excluding hydrogens is 287 g/mol. The second-order valence-corrected chi connectivity index (χ2v) is 4.38. The fraction of sp³-hybridized carbons (Fsp3) is 0.214. The molecule has 1 aromatic heterocycles. The molecule has 0 radical (unpaired) electrons. The molecule has 0 unspecified atom stereocenters. The third kappa shape index (κ3) is 3.85. The van der Waals surface area contributed by atoms with E-state index in [1.54, 1.807) is 0 Å². The van der Waals surface area contributed by atoms with Crippen LogP contribution in [0.3, 0.4) is 0 Å². The van der Waals surface area contributed by atoms with Gasteiger partial charge in [0, 0.05) is 18.7 Å². The van der Waals surface area contributed by atoms with Crippen LogP contribution in [-0.2, 0) is 19.3 Å². The SMILES string of the molecule is O=C(O)c1occc1CNCc1ccc(C(F)(F)F)cc1. The van der Waals surface area contributed by atoms with Gasteiger partial charge in [0.1, 0.15) is 0 Å². The summed E-state index contributed by atoms with van der Waals surface area (Å²) in [5.41, 5.74) is 0.451. The molecule has 0 spiro atoms. The van der Waals surface area contributed by atoms with E-state index in [9.17, 15) is 18.0 Å². The monoisotopic (exact) mass is 299 g/mol. The molecule has 0 saturated heterocycles. The molecule has 7 heteroatoms. The number of hydrogen-bond acceptors (Lipinski definition) is 3. The maximum Gasteiger partial charge on any atom is 0.416 e. The standard InChI is InChI=1S/C14H12F3NO3/c15-14(16,17)11-3-1-9(2-4-11)7-18-8-10-5-6-21-12(10)13(19)20/h1-6,18H,7-8H2,(H,19,20). The van der Waals surface area contributed by atoms with Crippen LogP contribution in [0.25, 0.3) is 0 Å². The van der Waals surface area contributed by atoms with Crippen LogP contribution in [0.1, 0.15) is 27.2 Å². The van der Waals surface area contributed by atoms with E-state index in [-0.39, 0.29) is 12.3 Å². The average Bonchev–Trinajstić information content (AvgIpc) is 2.87. The van der Waals surface area contributed by atoms with E-state index in [4.69, 9.17) is 9.52 Å². The van der Waals surface area contributed by atoms with Crippen molar-refractivity contribution in [2.45, 2.75) is 19.3 Å². The minimum absolute atomic E-state index is 0.144. The molecule has 1 aromatic carbocycles. The molecule has 1 heterocycles. The smallest absolute Gasteiger partial charge is 0.416 e. The summed E-state index contributed by atoms with van der Waals surface area (Å²) in [4.78, 5) is 10.8. The Morgan fingerprint density at radius 3 is 2.38 bits per heavy atom. The first-order valence-electron chi connectivity index (χ1n) is 6.04. The van der Waals surface area contributed by atoms with Crippen LogP contribution in [0.5, 0.6) is 0 Å². The summed E-state index contributed by atoms with van der Waals surface area (Å²) in [7, 11) is 0. The number of hydrogen-bond donors (Lipinski definition) is 2. The number of furan rings is 1. The Morgan fingerprint density at radius 2 is 1.81 bits per heavy atom. The van der Waals surface area contributed by atoms with Crippen LogP contribution in [0.2, 0.25) is 0 Å². The van der Waals surface area contributed by atoms with Crippen LogP contribution in [-0.4, -0.2) is 11.1 Å². The number of carboxylic acids is 1. The number of benzene rings is 1. The summed E-state index contributed by atoms with van der Waals surface area (Å²) in [6, 6.07) is 6.31. The first-order valence-corrected chi connectivity index (χ1v) is 6.04. The van der Waals surface area contributed by atoms with Gasteiger partial charge in [-0.05, 0) is 23.8 Å². The Kier molecular flexibility index (Phi) is 4.32. The second-order valence-electron chi connectivity index (χ2n) is 4.38. The number of alkyl halides is 3. The number of nitrogens with one attached hydrogen (secondary N) is 1. The van der Waals surface area contributed by atoms with Gasteiger partial charge in [-0.2, -0.15) is 13.2 Å². The minimum atomic E-state index is -4.35. The van der Waals surface area contributed by atoms with E-state index < -0.39 is 17.7 Å². The molecule has 0 fully saturated rings. The first-order chi connectivity index (χ1) is 9.88. The zero-order chi connectivity index (χ0) is 15.5. The summed E-state index contributed by atoms with van der Waals surface area (Å²) in [5, 5.41) is 11.8. The topological polar surface area (TPSA) is 62.5 Å². The third-order valence-corrected chi connectivity index (χ3v) is 2.87. The molecular formula is C14H12F3NO3. The Bertz CT molecular complexity index is 617. The number of rotatable bonds is 5. The lowest BCUT2D eigenvalue weighted by molar-refractivity contribution is -0.137. The Hall–Kier alpha value is -2.28. The number of carbonyl (C=O) groups is 1. The summed E-state index contributed by atoms with van der Waals surface area (Å²) in [5.74, 6) is -1.30. The van der Waals surface area contributed by atoms with Crippen molar-refractivity contribution in [2.24, 2.45) is 0 Å². The average molecular weight is 299 g/mol. The second kappa shape index (κ2) is 6.01.